The van der Waals surface area contributed by atoms with E-state index in [2.05, 4.69) is 0 Å². The zero-order valence-corrected chi connectivity index (χ0v) is 4.62. The van der Waals surface area contributed by atoms with Crippen LogP contribution in [0, 0.1) is 17.7 Å². The molecular formula is C5H2F3NO. The van der Waals surface area contributed by atoms with E-state index in [-0.39, 0.29) is 0 Å². The van der Waals surface area contributed by atoms with E-state index in [1.165, 1.54) is 4.98 Å². The first-order chi connectivity index (χ1) is 4.61. The average Bonchev–Trinajstić information content (AvgIpc) is 1.82. The van der Waals surface area contributed by atoms with E-state index in [9.17, 15) is 18.0 Å². The van der Waals surface area contributed by atoms with Crippen molar-refractivity contribution in [2.24, 2.45) is 0 Å². The average molecular weight is 149 g/mol. The number of aromatic nitrogens is 1. The fourth-order valence-corrected chi connectivity index (χ4v) is 0.482. The Kier molecular flexibility index (Phi) is 1.48. The molecule has 0 amide bonds. The van der Waals surface area contributed by atoms with Crippen molar-refractivity contribution in [2.75, 3.05) is 0 Å². The molecule has 5 heteroatoms. The van der Waals surface area contributed by atoms with Crippen molar-refractivity contribution in [3.8, 4) is 0 Å². The second kappa shape index (κ2) is 2.17. The fourth-order valence-electron chi connectivity index (χ4n) is 0.482. The maximum absolute atomic E-state index is 12.0. The predicted molar refractivity (Wildman–Crippen MR) is 26.9 cm³/mol. The first-order valence-corrected chi connectivity index (χ1v) is 2.35. The van der Waals surface area contributed by atoms with Gasteiger partial charge in [-0.05, 0) is 0 Å². The van der Waals surface area contributed by atoms with Crippen LogP contribution in [0.5, 0.6) is 0 Å². The molecular weight excluding hydrogens is 147 g/mol. The van der Waals surface area contributed by atoms with Crippen molar-refractivity contribution < 1.29 is 13.2 Å². The molecule has 0 aliphatic carbocycles. The Balaban J connectivity index is 3.46. The molecule has 0 radical (unpaired) electrons. The summed E-state index contributed by atoms with van der Waals surface area (Å²) >= 11 is 0. The maximum Gasteiger partial charge on any atom is 0.233 e. The van der Waals surface area contributed by atoms with Gasteiger partial charge < -0.3 is 4.98 Å². The summed E-state index contributed by atoms with van der Waals surface area (Å²) in [6.07, 6.45) is 0. The molecule has 2 nitrogen and oxygen atoms in total. The van der Waals surface area contributed by atoms with Crippen molar-refractivity contribution in [3.63, 3.8) is 0 Å². The monoisotopic (exact) mass is 149 g/mol. The van der Waals surface area contributed by atoms with Gasteiger partial charge in [0.2, 0.25) is 17.2 Å². The highest BCUT2D eigenvalue weighted by Gasteiger charge is 2.06. The highest BCUT2D eigenvalue weighted by atomic mass is 19.2. The van der Waals surface area contributed by atoms with Gasteiger partial charge in [-0.25, -0.2) is 0 Å². The minimum absolute atomic E-state index is 0.332. The smallest absolute Gasteiger partial charge is 0.233 e. The van der Waals surface area contributed by atoms with Gasteiger partial charge in [0.15, 0.2) is 5.95 Å². The summed E-state index contributed by atoms with van der Waals surface area (Å²) < 4.78 is 35.9. The molecule has 1 rings (SSSR count). The number of aromatic amines is 1. The molecule has 0 atom stereocenters. The van der Waals surface area contributed by atoms with Crippen LogP contribution >= 0.6 is 0 Å². The van der Waals surface area contributed by atoms with E-state index in [1.807, 2.05) is 0 Å². The van der Waals surface area contributed by atoms with E-state index < -0.39 is 23.1 Å². The number of halogens is 3. The van der Waals surface area contributed by atoms with Crippen LogP contribution in [-0.2, 0) is 0 Å². The highest BCUT2D eigenvalue weighted by molar-refractivity contribution is 4.98. The largest absolute Gasteiger partial charge is 0.306 e. The molecule has 54 valence electrons. The van der Waals surface area contributed by atoms with Crippen molar-refractivity contribution >= 4 is 0 Å². The Morgan fingerprint density at radius 2 is 1.90 bits per heavy atom. The molecule has 0 saturated carbocycles. The lowest BCUT2D eigenvalue weighted by atomic mass is 10.4. The maximum atomic E-state index is 12.0. The van der Waals surface area contributed by atoms with E-state index in [0.717, 1.165) is 0 Å². The van der Waals surface area contributed by atoms with Gasteiger partial charge in [-0.3, -0.25) is 4.79 Å². The molecule has 0 fully saturated rings. The summed E-state index contributed by atoms with van der Waals surface area (Å²) in [7, 11) is 0. The van der Waals surface area contributed by atoms with Crippen LogP contribution in [0.4, 0.5) is 13.2 Å². The zero-order chi connectivity index (χ0) is 7.72. The topological polar surface area (TPSA) is 32.9 Å². The third-order valence-corrected chi connectivity index (χ3v) is 0.896. The molecule has 0 aliphatic rings. The van der Waals surface area contributed by atoms with Gasteiger partial charge >= 0.3 is 0 Å². The third kappa shape index (κ3) is 1.02. The molecule has 0 saturated heterocycles. The normalized spacial score (nSPS) is 9.90. The van der Waals surface area contributed by atoms with Crippen LogP contribution in [0.2, 0.25) is 0 Å². The third-order valence-electron chi connectivity index (χ3n) is 0.896. The molecule has 1 N–H and O–H groups in total. The summed E-state index contributed by atoms with van der Waals surface area (Å²) in [5.41, 5.74) is -1.30. The lowest BCUT2D eigenvalue weighted by Gasteiger charge is -1.89. The molecule has 1 heterocycles. The van der Waals surface area contributed by atoms with Gasteiger partial charge in [0.25, 0.3) is 0 Å². The van der Waals surface area contributed by atoms with Crippen LogP contribution in [0.3, 0.4) is 0 Å². The second-order valence-corrected chi connectivity index (χ2v) is 1.61. The van der Waals surface area contributed by atoms with Crippen LogP contribution in [-0.4, -0.2) is 4.98 Å². The Hall–Kier alpha value is -1.26. The Morgan fingerprint density at radius 1 is 1.30 bits per heavy atom. The molecule has 0 aliphatic heterocycles. The Bertz CT molecular complexity index is 306. The first-order valence-electron chi connectivity index (χ1n) is 2.35. The molecule has 0 unspecified atom stereocenters. The molecule has 10 heavy (non-hydrogen) atoms. The number of pyridine rings is 1. The van der Waals surface area contributed by atoms with Gasteiger partial charge in [-0.1, -0.05) is 0 Å². The van der Waals surface area contributed by atoms with Crippen molar-refractivity contribution in [2.45, 2.75) is 0 Å². The van der Waals surface area contributed by atoms with Crippen LogP contribution < -0.4 is 5.43 Å². The molecule has 0 aromatic carbocycles. The predicted octanol–water partition coefficient (Wildman–Crippen LogP) is 0.792. The summed E-state index contributed by atoms with van der Waals surface area (Å²) in [5, 5.41) is 0. The van der Waals surface area contributed by atoms with E-state index in [0.29, 0.717) is 6.07 Å². The van der Waals surface area contributed by atoms with Gasteiger partial charge in [0, 0.05) is 6.07 Å². The SMILES string of the molecule is O=c1cc(F)[nH]c(F)c1F. The number of rotatable bonds is 0. The minimum atomic E-state index is -1.60. The summed E-state index contributed by atoms with van der Waals surface area (Å²) in [6.45, 7) is 0. The standard InChI is InChI=1S/C5H2F3NO/c6-3-1-2(10)4(7)5(8)9-3/h1H,(H,9,10). The number of H-pyrrole nitrogens is 1. The first kappa shape index (κ1) is 6.85. The van der Waals surface area contributed by atoms with Crippen molar-refractivity contribution in [1.29, 1.82) is 0 Å². The van der Waals surface area contributed by atoms with Crippen molar-refractivity contribution in [3.05, 3.63) is 34.0 Å². The number of hydrogen-bond acceptors (Lipinski definition) is 1. The highest BCUT2D eigenvalue weighted by Crippen LogP contribution is 1.95. The van der Waals surface area contributed by atoms with Crippen LogP contribution in [0.25, 0.3) is 0 Å². The summed E-state index contributed by atoms with van der Waals surface area (Å²) in [6, 6.07) is 0.332. The lowest BCUT2D eigenvalue weighted by Crippen LogP contribution is -2.11. The van der Waals surface area contributed by atoms with Gasteiger partial charge in [0.1, 0.15) is 0 Å². The van der Waals surface area contributed by atoms with Crippen LogP contribution in [0.1, 0.15) is 0 Å². The molecule has 0 bridgehead atoms. The van der Waals surface area contributed by atoms with E-state index in [1.54, 1.807) is 0 Å². The van der Waals surface area contributed by atoms with Crippen molar-refractivity contribution in [1.82, 2.24) is 4.98 Å². The number of hydrogen-bond donors (Lipinski definition) is 1. The minimum Gasteiger partial charge on any atom is -0.306 e. The Morgan fingerprint density at radius 3 is 2.40 bits per heavy atom. The van der Waals surface area contributed by atoms with Gasteiger partial charge in [0.05, 0.1) is 0 Å². The quantitative estimate of drug-likeness (QED) is 0.543. The fraction of sp³-hybridized carbons (Fsp3) is 0. The summed E-state index contributed by atoms with van der Waals surface area (Å²) in [4.78, 5) is 11.6. The van der Waals surface area contributed by atoms with E-state index in [4.69, 9.17) is 0 Å². The van der Waals surface area contributed by atoms with Crippen LogP contribution in [0.15, 0.2) is 10.9 Å². The second-order valence-electron chi connectivity index (χ2n) is 1.61. The summed E-state index contributed by atoms with van der Waals surface area (Å²) in [5.74, 6) is -4.37. The molecule has 1 aromatic rings. The Labute approximate surface area is 53.3 Å². The van der Waals surface area contributed by atoms with Gasteiger partial charge in [-0.15, -0.1) is 0 Å². The molecule has 1 aromatic heterocycles. The van der Waals surface area contributed by atoms with Gasteiger partial charge in [-0.2, -0.15) is 13.2 Å². The number of nitrogens with one attached hydrogen (secondary N) is 1. The molecule has 0 spiro atoms. The van der Waals surface area contributed by atoms with E-state index >= 15 is 0 Å². The zero-order valence-electron chi connectivity index (χ0n) is 4.62. The lowest BCUT2D eigenvalue weighted by molar-refractivity contribution is 0.441.